The number of hydrogen-bond acceptors (Lipinski definition) is 3. The van der Waals surface area contributed by atoms with Crippen molar-refractivity contribution >= 4 is 6.03 Å². The first-order chi connectivity index (χ1) is 11.1. The van der Waals surface area contributed by atoms with Crippen LogP contribution >= 0.6 is 0 Å². The molecule has 1 aliphatic rings. The van der Waals surface area contributed by atoms with Crippen molar-refractivity contribution in [2.24, 2.45) is 5.73 Å². The van der Waals surface area contributed by atoms with Crippen molar-refractivity contribution in [3.05, 3.63) is 60.2 Å². The minimum Gasteiger partial charge on any atom is -0.457 e. The second kappa shape index (κ2) is 6.71. The summed E-state index contributed by atoms with van der Waals surface area (Å²) in [4.78, 5) is 11.1. The highest BCUT2D eigenvalue weighted by Gasteiger charge is 2.31. The van der Waals surface area contributed by atoms with Gasteiger partial charge in [0.25, 0.3) is 0 Å². The van der Waals surface area contributed by atoms with Gasteiger partial charge in [-0.1, -0.05) is 30.3 Å². The second-order valence-electron chi connectivity index (χ2n) is 5.83. The van der Waals surface area contributed by atoms with Crippen LogP contribution in [0, 0.1) is 0 Å². The zero-order valence-electron chi connectivity index (χ0n) is 12.8. The van der Waals surface area contributed by atoms with E-state index in [-0.39, 0.29) is 12.0 Å². The molecule has 1 saturated carbocycles. The van der Waals surface area contributed by atoms with Gasteiger partial charge >= 0.3 is 6.03 Å². The number of hydroxylamine groups is 2. The molecular formula is C18H20N2O3. The zero-order valence-corrected chi connectivity index (χ0v) is 12.8. The summed E-state index contributed by atoms with van der Waals surface area (Å²) in [6, 6.07) is 16.6. The van der Waals surface area contributed by atoms with Gasteiger partial charge in [-0.25, -0.2) is 9.86 Å². The van der Waals surface area contributed by atoms with E-state index in [0.717, 1.165) is 29.9 Å². The first-order valence-electron chi connectivity index (χ1n) is 7.74. The van der Waals surface area contributed by atoms with Crippen LogP contribution in [0.1, 0.15) is 30.7 Å². The van der Waals surface area contributed by atoms with Crippen molar-refractivity contribution in [3.8, 4) is 11.5 Å². The number of para-hydroxylation sites is 1. The molecule has 0 saturated heterocycles. The highest BCUT2D eigenvalue weighted by atomic mass is 16.5. The first-order valence-corrected chi connectivity index (χ1v) is 7.74. The SMILES string of the molecule is NC(=O)N(O)[C@H]1CC[C@@H](c2cccc(Oc3ccccc3)c2)C1. The number of primary amides is 1. The molecule has 0 spiro atoms. The quantitative estimate of drug-likeness (QED) is 0.664. The molecule has 2 aromatic rings. The largest absolute Gasteiger partial charge is 0.457 e. The molecule has 3 rings (SSSR count). The summed E-state index contributed by atoms with van der Waals surface area (Å²) in [6.07, 6.45) is 2.35. The Morgan fingerprint density at radius 2 is 1.83 bits per heavy atom. The van der Waals surface area contributed by atoms with E-state index in [1.807, 2.05) is 48.5 Å². The van der Waals surface area contributed by atoms with Crippen molar-refractivity contribution in [1.29, 1.82) is 0 Å². The molecule has 23 heavy (non-hydrogen) atoms. The number of rotatable bonds is 4. The lowest BCUT2D eigenvalue weighted by Crippen LogP contribution is -2.39. The van der Waals surface area contributed by atoms with Crippen LogP contribution in [0.4, 0.5) is 4.79 Å². The third kappa shape index (κ3) is 3.63. The number of hydrogen-bond donors (Lipinski definition) is 2. The Morgan fingerprint density at radius 3 is 2.57 bits per heavy atom. The summed E-state index contributed by atoms with van der Waals surface area (Å²) >= 11 is 0. The molecule has 0 bridgehead atoms. The summed E-state index contributed by atoms with van der Waals surface area (Å²) in [5.41, 5.74) is 6.28. The lowest BCUT2D eigenvalue weighted by Gasteiger charge is -2.20. The van der Waals surface area contributed by atoms with Crippen LogP contribution < -0.4 is 10.5 Å². The van der Waals surface area contributed by atoms with Crippen LogP contribution in [0.25, 0.3) is 0 Å². The standard InChI is InChI=1S/C18H20N2O3/c19-18(21)20(22)15-10-9-14(11-15)13-5-4-8-17(12-13)23-16-6-2-1-3-7-16/h1-8,12,14-15,22H,9-11H2,(H2,19,21)/t14-,15+/m1/s1. The Bertz CT molecular complexity index is 675. The smallest absolute Gasteiger partial charge is 0.338 e. The van der Waals surface area contributed by atoms with Gasteiger partial charge in [0.15, 0.2) is 0 Å². The average molecular weight is 312 g/mol. The van der Waals surface area contributed by atoms with Gasteiger partial charge in [0.1, 0.15) is 11.5 Å². The number of carbonyl (C=O) groups is 1. The maximum absolute atomic E-state index is 11.1. The van der Waals surface area contributed by atoms with Gasteiger partial charge < -0.3 is 10.5 Å². The minimum absolute atomic E-state index is 0.212. The first kappa shape index (κ1) is 15.4. The Kier molecular flexibility index (Phi) is 4.48. The molecule has 2 aromatic carbocycles. The van der Waals surface area contributed by atoms with Gasteiger partial charge in [-0.05, 0) is 55.0 Å². The number of amides is 2. The van der Waals surface area contributed by atoms with Crippen LogP contribution in [0.15, 0.2) is 54.6 Å². The lowest BCUT2D eigenvalue weighted by atomic mass is 9.97. The Balaban J connectivity index is 1.70. The molecule has 3 N–H and O–H groups in total. The van der Waals surface area contributed by atoms with E-state index in [0.29, 0.717) is 11.5 Å². The molecule has 120 valence electrons. The van der Waals surface area contributed by atoms with Crippen molar-refractivity contribution in [3.63, 3.8) is 0 Å². The summed E-state index contributed by atoms with van der Waals surface area (Å²) in [5, 5.41) is 10.3. The van der Waals surface area contributed by atoms with E-state index >= 15 is 0 Å². The van der Waals surface area contributed by atoms with E-state index in [2.05, 4.69) is 6.07 Å². The van der Waals surface area contributed by atoms with E-state index in [1.54, 1.807) is 0 Å². The van der Waals surface area contributed by atoms with Crippen LogP contribution in [0.5, 0.6) is 11.5 Å². The molecule has 1 fully saturated rings. The zero-order chi connectivity index (χ0) is 16.2. The summed E-state index contributed by atoms with van der Waals surface area (Å²) in [7, 11) is 0. The van der Waals surface area contributed by atoms with Gasteiger partial charge in [0, 0.05) is 0 Å². The maximum Gasteiger partial charge on any atom is 0.338 e. The molecule has 0 aliphatic heterocycles. The van der Waals surface area contributed by atoms with Gasteiger partial charge in [-0.15, -0.1) is 0 Å². The highest BCUT2D eigenvalue weighted by Crippen LogP contribution is 2.38. The molecule has 0 aromatic heterocycles. The summed E-state index contributed by atoms with van der Waals surface area (Å²) in [6.45, 7) is 0. The maximum atomic E-state index is 11.1. The van der Waals surface area contributed by atoms with Crippen molar-refractivity contribution in [2.75, 3.05) is 0 Å². The van der Waals surface area contributed by atoms with E-state index in [9.17, 15) is 10.0 Å². The van der Waals surface area contributed by atoms with E-state index in [1.165, 1.54) is 0 Å². The number of ether oxygens (including phenoxy) is 1. The molecule has 0 unspecified atom stereocenters. The third-order valence-electron chi connectivity index (χ3n) is 4.29. The van der Waals surface area contributed by atoms with Crippen LogP contribution in [-0.2, 0) is 0 Å². The molecule has 5 nitrogen and oxygen atoms in total. The normalized spacial score (nSPS) is 20.2. The van der Waals surface area contributed by atoms with Gasteiger partial charge in [-0.3, -0.25) is 5.21 Å². The van der Waals surface area contributed by atoms with Gasteiger partial charge in [0.05, 0.1) is 6.04 Å². The fraction of sp³-hybridized carbons (Fsp3) is 0.278. The lowest BCUT2D eigenvalue weighted by molar-refractivity contribution is -0.0730. The Morgan fingerprint density at radius 1 is 1.09 bits per heavy atom. The molecule has 2 atom stereocenters. The number of nitrogens with zero attached hydrogens (tertiary/aromatic N) is 1. The number of urea groups is 1. The number of carbonyl (C=O) groups excluding carboxylic acids is 1. The molecule has 1 aliphatic carbocycles. The van der Waals surface area contributed by atoms with Crippen molar-refractivity contribution in [2.45, 2.75) is 31.2 Å². The van der Waals surface area contributed by atoms with E-state index < -0.39 is 6.03 Å². The van der Waals surface area contributed by atoms with E-state index in [4.69, 9.17) is 10.5 Å². The topological polar surface area (TPSA) is 75.8 Å². The van der Waals surface area contributed by atoms with Crippen LogP contribution in [0.2, 0.25) is 0 Å². The Hall–Kier alpha value is -2.53. The minimum atomic E-state index is -0.795. The molecule has 0 radical (unpaired) electrons. The summed E-state index contributed by atoms with van der Waals surface area (Å²) in [5.74, 6) is 1.87. The second-order valence-corrected chi connectivity index (χ2v) is 5.83. The fourth-order valence-electron chi connectivity index (χ4n) is 3.12. The predicted octanol–water partition coefficient (Wildman–Crippen LogP) is 3.88. The third-order valence-corrected chi connectivity index (χ3v) is 4.29. The van der Waals surface area contributed by atoms with Crippen molar-refractivity contribution < 1.29 is 14.7 Å². The molecule has 2 amide bonds. The van der Waals surface area contributed by atoms with Gasteiger partial charge in [0.2, 0.25) is 0 Å². The van der Waals surface area contributed by atoms with Crippen molar-refractivity contribution in [1.82, 2.24) is 5.06 Å². The average Bonchev–Trinajstić information content (AvgIpc) is 3.05. The molecular weight excluding hydrogens is 292 g/mol. The fourth-order valence-corrected chi connectivity index (χ4v) is 3.12. The van der Waals surface area contributed by atoms with Crippen LogP contribution in [0.3, 0.4) is 0 Å². The summed E-state index contributed by atoms with van der Waals surface area (Å²) < 4.78 is 5.86. The number of benzene rings is 2. The van der Waals surface area contributed by atoms with Gasteiger partial charge in [-0.2, -0.15) is 0 Å². The number of nitrogens with two attached hydrogens (primary N) is 1. The molecule has 5 heteroatoms. The molecule has 0 heterocycles. The highest BCUT2D eigenvalue weighted by molar-refractivity contribution is 5.71. The Labute approximate surface area is 135 Å². The predicted molar refractivity (Wildman–Crippen MR) is 86.5 cm³/mol. The monoisotopic (exact) mass is 312 g/mol. The van der Waals surface area contributed by atoms with Crippen LogP contribution in [-0.4, -0.2) is 22.3 Å².